The minimum absolute atomic E-state index is 0.163. The van der Waals surface area contributed by atoms with Crippen molar-refractivity contribution in [2.45, 2.75) is 25.8 Å². The van der Waals surface area contributed by atoms with Crippen LogP contribution in [0.2, 0.25) is 0 Å². The number of benzene rings is 2. The predicted molar refractivity (Wildman–Crippen MR) is 117 cm³/mol. The van der Waals surface area contributed by atoms with Crippen molar-refractivity contribution in [2.24, 2.45) is 10.9 Å². The number of hydrogen-bond donors (Lipinski definition) is 3. The van der Waals surface area contributed by atoms with Gasteiger partial charge in [0, 0.05) is 17.4 Å². The van der Waals surface area contributed by atoms with Gasteiger partial charge in [-0.3, -0.25) is 9.35 Å². The molecular weight excluding hydrogens is 404 g/mol. The van der Waals surface area contributed by atoms with Crippen molar-refractivity contribution in [1.29, 1.82) is 0 Å². The summed E-state index contributed by atoms with van der Waals surface area (Å²) >= 11 is 0. The summed E-state index contributed by atoms with van der Waals surface area (Å²) in [6.45, 7) is 0.656. The van der Waals surface area contributed by atoms with Crippen molar-refractivity contribution in [1.82, 2.24) is 9.88 Å². The molecule has 0 saturated heterocycles. The Morgan fingerprint density at radius 1 is 1.20 bits per heavy atom. The van der Waals surface area contributed by atoms with Gasteiger partial charge < -0.3 is 15.7 Å². The SMILES string of the molecule is CS(=O)(=O)O.NN=CNC(=O)c1c2c3c(cccc3n1Cc1ccccc1)CCC2. The smallest absolute Gasteiger partial charge is 0.273 e. The molecule has 0 atom stereocenters. The van der Waals surface area contributed by atoms with Gasteiger partial charge in [-0.2, -0.15) is 13.5 Å². The second kappa shape index (κ2) is 9.10. The first-order valence-corrected chi connectivity index (χ1v) is 11.3. The molecule has 1 amide bonds. The molecule has 1 aromatic heterocycles. The number of hydrogen-bond acceptors (Lipinski definition) is 5. The number of amides is 1. The number of carbonyl (C=O) groups is 1. The zero-order valence-electron chi connectivity index (χ0n) is 16.6. The standard InChI is InChI=1S/C20H20N4O.CH4O3S/c21-23-13-22-20(25)19-16-10-4-8-15-9-5-11-17(18(15)16)24(19)12-14-6-2-1-3-7-14;1-5(2,3)4/h1-3,5-7,9,11,13H,4,8,10,12,21H2,(H,22,23,25);1H3,(H,2,3,4). The number of carbonyl (C=O) groups excluding carboxylic acids is 1. The minimum Gasteiger partial charge on any atom is -0.332 e. The quantitative estimate of drug-likeness (QED) is 0.193. The Morgan fingerprint density at radius 2 is 1.90 bits per heavy atom. The first-order chi connectivity index (χ1) is 14.3. The van der Waals surface area contributed by atoms with Crippen LogP contribution in [0.15, 0.2) is 53.6 Å². The Kier molecular flexibility index (Phi) is 6.53. The third kappa shape index (κ3) is 5.05. The number of hydrazone groups is 1. The van der Waals surface area contributed by atoms with E-state index in [2.05, 4.69) is 45.3 Å². The minimum atomic E-state index is -3.67. The second-order valence-corrected chi connectivity index (χ2v) is 8.51. The molecule has 0 bridgehead atoms. The summed E-state index contributed by atoms with van der Waals surface area (Å²) in [4.78, 5) is 12.8. The summed E-state index contributed by atoms with van der Waals surface area (Å²) in [5, 5.41) is 7.30. The normalized spacial score (nSPS) is 13.1. The second-order valence-electron chi connectivity index (χ2n) is 7.05. The average Bonchev–Trinajstić information content (AvgIpc) is 3.01. The molecule has 1 aliphatic rings. The van der Waals surface area contributed by atoms with Gasteiger partial charge in [0.05, 0.1) is 6.26 Å². The number of rotatable bonds is 4. The zero-order chi connectivity index (χ0) is 21.7. The van der Waals surface area contributed by atoms with Crippen molar-refractivity contribution >= 4 is 33.3 Å². The molecule has 3 aromatic rings. The van der Waals surface area contributed by atoms with Crippen LogP contribution in [0.25, 0.3) is 10.9 Å². The summed E-state index contributed by atoms with van der Waals surface area (Å²) in [5.41, 5.74) is 5.46. The van der Waals surface area contributed by atoms with E-state index in [1.165, 1.54) is 17.3 Å². The molecule has 4 rings (SSSR count). The van der Waals surface area contributed by atoms with Crippen molar-refractivity contribution < 1.29 is 17.8 Å². The fourth-order valence-electron chi connectivity index (χ4n) is 3.82. The van der Waals surface area contributed by atoms with E-state index >= 15 is 0 Å². The fourth-order valence-corrected chi connectivity index (χ4v) is 3.82. The number of nitrogens with zero attached hydrogens (tertiary/aromatic N) is 2. The van der Waals surface area contributed by atoms with Crippen LogP contribution in [0, 0.1) is 0 Å². The van der Waals surface area contributed by atoms with Crippen molar-refractivity contribution in [2.75, 3.05) is 6.26 Å². The molecule has 30 heavy (non-hydrogen) atoms. The van der Waals surface area contributed by atoms with Gasteiger partial charge in [0.15, 0.2) is 0 Å². The highest BCUT2D eigenvalue weighted by Crippen LogP contribution is 2.35. The molecule has 0 spiro atoms. The molecular formula is C21H24N4O4S. The van der Waals surface area contributed by atoms with Crippen LogP contribution >= 0.6 is 0 Å². The first-order valence-electron chi connectivity index (χ1n) is 9.41. The molecule has 0 fully saturated rings. The van der Waals surface area contributed by atoms with Crippen LogP contribution in [0.5, 0.6) is 0 Å². The number of nitrogens with two attached hydrogens (primary N) is 1. The maximum Gasteiger partial charge on any atom is 0.273 e. The fraction of sp³-hybridized carbons (Fsp3) is 0.238. The number of nitrogens with one attached hydrogen (secondary N) is 1. The summed E-state index contributed by atoms with van der Waals surface area (Å²) in [5.74, 6) is 4.98. The van der Waals surface area contributed by atoms with E-state index < -0.39 is 10.1 Å². The maximum absolute atomic E-state index is 12.8. The molecule has 0 saturated carbocycles. The van der Waals surface area contributed by atoms with Crippen LogP contribution in [-0.2, 0) is 29.5 Å². The molecule has 0 radical (unpaired) electrons. The van der Waals surface area contributed by atoms with E-state index in [1.54, 1.807) is 0 Å². The highest BCUT2D eigenvalue weighted by molar-refractivity contribution is 7.85. The van der Waals surface area contributed by atoms with E-state index in [9.17, 15) is 13.2 Å². The topological polar surface area (TPSA) is 127 Å². The lowest BCUT2D eigenvalue weighted by atomic mass is 9.91. The van der Waals surface area contributed by atoms with Gasteiger partial charge in [-0.25, -0.2) is 0 Å². The summed E-state index contributed by atoms with van der Waals surface area (Å²) < 4.78 is 28.0. The average molecular weight is 429 g/mol. The van der Waals surface area contributed by atoms with Gasteiger partial charge in [-0.15, -0.1) is 0 Å². The van der Waals surface area contributed by atoms with Crippen molar-refractivity contribution in [3.8, 4) is 0 Å². The van der Waals surface area contributed by atoms with E-state index in [0.717, 1.165) is 35.9 Å². The third-order valence-corrected chi connectivity index (χ3v) is 4.82. The van der Waals surface area contributed by atoms with Gasteiger partial charge >= 0.3 is 0 Å². The van der Waals surface area contributed by atoms with Crippen molar-refractivity contribution in [3.05, 3.63) is 70.9 Å². The molecule has 9 heteroatoms. The van der Waals surface area contributed by atoms with Crippen LogP contribution in [0.4, 0.5) is 0 Å². The van der Waals surface area contributed by atoms with Gasteiger partial charge in [-0.05, 0) is 42.0 Å². The van der Waals surface area contributed by atoms with Gasteiger partial charge in [-0.1, -0.05) is 42.5 Å². The molecule has 0 aliphatic heterocycles. The zero-order valence-corrected chi connectivity index (χ0v) is 17.4. The molecule has 2 aromatic carbocycles. The molecule has 1 heterocycles. The van der Waals surface area contributed by atoms with Gasteiger partial charge in [0.2, 0.25) is 0 Å². The van der Waals surface area contributed by atoms with Crippen LogP contribution in [0.3, 0.4) is 0 Å². The Hall–Kier alpha value is -3.17. The monoisotopic (exact) mass is 428 g/mol. The molecule has 1 aliphatic carbocycles. The largest absolute Gasteiger partial charge is 0.332 e. The summed E-state index contributed by atoms with van der Waals surface area (Å²) in [6.07, 6.45) is 4.99. The number of aryl methyl sites for hydroxylation is 2. The molecule has 158 valence electrons. The lowest BCUT2D eigenvalue weighted by Gasteiger charge is -2.13. The predicted octanol–water partition coefficient (Wildman–Crippen LogP) is 2.31. The summed E-state index contributed by atoms with van der Waals surface area (Å²) in [7, 11) is -3.67. The first kappa shape index (κ1) is 21.5. The third-order valence-electron chi connectivity index (χ3n) is 4.82. The Bertz CT molecular complexity index is 1180. The van der Waals surface area contributed by atoms with Crippen LogP contribution < -0.4 is 11.2 Å². The number of aromatic nitrogens is 1. The van der Waals surface area contributed by atoms with Gasteiger partial charge in [0.1, 0.15) is 12.0 Å². The highest BCUT2D eigenvalue weighted by atomic mass is 32.2. The van der Waals surface area contributed by atoms with Crippen molar-refractivity contribution in [3.63, 3.8) is 0 Å². The Balaban J connectivity index is 0.000000461. The highest BCUT2D eigenvalue weighted by Gasteiger charge is 2.26. The lowest BCUT2D eigenvalue weighted by Crippen LogP contribution is -2.26. The Morgan fingerprint density at radius 3 is 2.57 bits per heavy atom. The van der Waals surface area contributed by atoms with Crippen LogP contribution in [-0.4, -0.2) is 36.0 Å². The van der Waals surface area contributed by atoms with E-state index in [0.29, 0.717) is 18.5 Å². The Labute approximate surface area is 175 Å². The summed E-state index contributed by atoms with van der Waals surface area (Å²) in [6, 6.07) is 16.6. The molecule has 4 N–H and O–H groups in total. The van der Waals surface area contributed by atoms with Crippen LogP contribution in [0.1, 0.15) is 33.6 Å². The maximum atomic E-state index is 12.8. The van der Waals surface area contributed by atoms with E-state index in [1.807, 2.05) is 18.2 Å². The molecule has 8 nitrogen and oxygen atoms in total. The van der Waals surface area contributed by atoms with Gasteiger partial charge in [0.25, 0.3) is 16.0 Å². The van der Waals surface area contributed by atoms with E-state index in [-0.39, 0.29) is 5.91 Å². The molecule has 0 unspecified atom stereocenters. The van der Waals surface area contributed by atoms with E-state index in [4.69, 9.17) is 10.4 Å². The lowest BCUT2D eigenvalue weighted by molar-refractivity contribution is 0.0969.